The molecular formula is C14H17F3N2O4. The summed E-state index contributed by atoms with van der Waals surface area (Å²) in [7, 11) is 0. The Morgan fingerprint density at radius 1 is 1.26 bits per heavy atom. The van der Waals surface area contributed by atoms with Gasteiger partial charge in [0, 0.05) is 19.0 Å². The number of hydrogen-bond acceptors (Lipinski definition) is 4. The fourth-order valence-electron chi connectivity index (χ4n) is 1.71. The van der Waals surface area contributed by atoms with Crippen LogP contribution in [0.5, 0.6) is 5.88 Å². The van der Waals surface area contributed by atoms with Crippen LogP contribution in [0, 0.1) is 0 Å². The van der Waals surface area contributed by atoms with E-state index in [0.717, 1.165) is 12.1 Å². The van der Waals surface area contributed by atoms with E-state index in [9.17, 15) is 22.8 Å². The highest BCUT2D eigenvalue weighted by molar-refractivity contribution is 5.75. The largest absolute Gasteiger partial charge is 0.481 e. The van der Waals surface area contributed by atoms with Gasteiger partial charge in [-0.05, 0) is 25.0 Å². The molecule has 0 saturated heterocycles. The first-order valence-corrected chi connectivity index (χ1v) is 6.94. The van der Waals surface area contributed by atoms with E-state index < -0.39 is 23.6 Å². The van der Waals surface area contributed by atoms with E-state index in [1.54, 1.807) is 0 Å². The molecule has 128 valence electrons. The molecule has 0 spiro atoms. The predicted molar refractivity (Wildman–Crippen MR) is 73.8 cm³/mol. The normalized spacial score (nSPS) is 11.1. The van der Waals surface area contributed by atoms with Crippen LogP contribution in [0.1, 0.15) is 31.2 Å². The number of alkyl halides is 3. The van der Waals surface area contributed by atoms with Gasteiger partial charge in [0.25, 0.3) is 0 Å². The Bertz CT molecular complexity index is 535. The van der Waals surface area contributed by atoms with Crippen molar-refractivity contribution in [3.63, 3.8) is 0 Å². The van der Waals surface area contributed by atoms with Gasteiger partial charge in [-0.15, -0.1) is 0 Å². The highest BCUT2D eigenvalue weighted by atomic mass is 19.4. The van der Waals surface area contributed by atoms with E-state index in [-0.39, 0.29) is 31.9 Å². The maximum Gasteiger partial charge on any atom is 0.421 e. The van der Waals surface area contributed by atoms with Gasteiger partial charge >= 0.3 is 12.1 Å². The minimum Gasteiger partial charge on any atom is -0.481 e. The number of amides is 1. The Balaban J connectivity index is 2.28. The molecular weight excluding hydrogens is 317 g/mol. The van der Waals surface area contributed by atoms with Gasteiger partial charge < -0.3 is 15.2 Å². The van der Waals surface area contributed by atoms with Crippen molar-refractivity contribution in [1.29, 1.82) is 0 Å². The molecule has 1 rings (SSSR count). The molecule has 0 aliphatic rings. The summed E-state index contributed by atoms with van der Waals surface area (Å²) in [5.41, 5.74) is -0.972. The molecule has 2 N–H and O–H groups in total. The van der Waals surface area contributed by atoms with Crippen LogP contribution in [0.3, 0.4) is 0 Å². The third-order valence-electron chi connectivity index (χ3n) is 2.78. The van der Waals surface area contributed by atoms with Gasteiger partial charge in [-0.1, -0.05) is 0 Å². The van der Waals surface area contributed by atoms with Crippen molar-refractivity contribution in [1.82, 2.24) is 10.3 Å². The Labute approximate surface area is 130 Å². The lowest BCUT2D eigenvalue weighted by atomic mass is 10.2. The molecule has 0 fully saturated rings. The molecule has 0 bridgehead atoms. The number of nitrogens with one attached hydrogen (secondary N) is 1. The van der Waals surface area contributed by atoms with Crippen LogP contribution in [0.15, 0.2) is 18.3 Å². The topological polar surface area (TPSA) is 88.5 Å². The predicted octanol–water partition coefficient (Wildman–Crippen LogP) is 2.24. The Hall–Kier alpha value is -2.32. The first kappa shape index (κ1) is 18.7. The second-order valence-electron chi connectivity index (χ2n) is 4.65. The highest BCUT2D eigenvalue weighted by Crippen LogP contribution is 2.34. The van der Waals surface area contributed by atoms with Gasteiger partial charge in [-0.3, -0.25) is 9.59 Å². The van der Waals surface area contributed by atoms with E-state index in [0.29, 0.717) is 12.8 Å². The number of carboxylic acid groups (broad SMARTS) is 1. The Morgan fingerprint density at radius 3 is 2.61 bits per heavy atom. The summed E-state index contributed by atoms with van der Waals surface area (Å²) in [4.78, 5) is 25.2. The van der Waals surface area contributed by atoms with Crippen molar-refractivity contribution in [2.45, 2.75) is 31.9 Å². The summed E-state index contributed by atoms with van der Waals surface area (Å²) >= 11 is 0. The van der Waals surface area contributed by atoms with Gasteiger partial charge in [0.15, 0.2) is 0 Å². The maximum atomic E-state index is 12.7. The second kappa shape index (κ2) is 8.96. The fourth-order valence-corrected chi connectivity index (χ4v) is 1.71. The first-order chi connectivity index (χ1) is 10.8. The van der Waals surface area contributed by atoms with Gasteiger partial charge in [0.2, 0.25) is 11.8 Å². The number of unbranched alkanes of at least 4 members (excludes halogenated alkanes) is 1. The molecule has 9 heteroatoms. The van der Waals surface area contributed by atoms with Gasteiger partial charge in [-0.2, -0.15) is 13.2 Å². The summed E-state index contributed by atoms with van der Waals surface area (Å²) in [5, 5.41) is 10.9. The standard InChI is InChI=1S/C14H17F3N2O4/c15-14(16,17)10-4-3-7-19-13(10)23-9-8-18-11(20)5-1-2-6-12(21)22/h3-4,7H,1-2,5-6,8-9H2,(H,18,20)(H,21,22). The minimum atomic E-state index is -4.56. The van der Waals surface area contributed by atoms with Gasteiger partial charge in [-0.25, -0.2) is 4.98 Å². The molecule has 1 aromatic rings. The number of aliphatic carboxylic acids is 1. The molecule has 0 aliphatic heterocycles. The average molecular weight is 334 g/mol. The number of carbonyl (C=O) groups is 2. The Kier molecular flexibility index (Phi) is 7.30. The van der Waals surface area contributed by atoms with E-state index in [4.69, 9.17) is 9.84 Å². The second-order valence-corrected chi connectivity index (χ2v) is 4.65. The van der Waals surface area contributed by atoms with Crippen LogP contribution >= 0.6 is 0 Å². The lowest BCUT2D eigenvalue weighted by Crippen LogP contribution is -2.28. The van der Waals surface area contributed by atoms with Crippen molar-refractivity contribution in [2.75, 3.05) is 13.2 Å². The lowest BCUT2D eigenvalue weighted by Gasteiger charge is -2.12. The molecule has 1 heterocycles. The van der Waals surface area contributed by atoms with Crippen molar-refractivity contribution < 1.29 is 32.6 Å². The summed E-state index contributed by atoms with van der Waals surface area (Å²) < 4.78 is 43.0. The number of halogens is 3. The minimum absolute atomic E-state index is 0.00368. The number of ether oxygens (including phenoxy) is 1. The molecule has 0 unspecified atom stereocenters. The summed E-state index contributed by atoms with van der Waals surface area (Å²) in [6.07, 6.45) is -2.40. The third kappa shape index (κ3) is 7.48. The zero-order valence-electron chi connectivity index (χ0n) is 12.2. The number of carboxylic acids is 1. The highest BCUT2D eigenvalue weighted by Gasteiger charge is 2.34. The number of carbonyl (C=O) groups excluding carboxylic acids is 1. The number of aromatic nitrogens is 1. The third-order valence-corrected chi connectivity index (χ3v) is 2.78. The fraction of sp³-hybridized carbons (Fsp3) is 0.500. The molecule has 0 aromatic carbocycles. The van der Waals surface area contributed by atoms with Crippen LogP contribution < -0.4 is 10.1 Å². The smallest absolute Gasteiger partial charge is 0.421 e. The Morgan fingerprint density at radius 2 is 1.96 bits per heavy atom. The monoisotopic (exact) mass is 334 g/mol. The molecule has 0 saturated carbocycles. The van der Waals surface area contributed by atoms with Crippen molar-refractivity contribution in [3.8, 4) is 5.88 Å². The van der Waals surface area contributed by atoms with E-state index >= 15 is 0 Å². The zero-order valence-corrected chi connectivity index (χ0v) is 12.2. The van der Waals surface area contributed by atoms with E-state index in [1.165, 1.54) is 6.20 Å². The summed E-state index contributed by atoms with van der Waals surface area (Å²) in [6, 6.07) is 2.03. The molecule has 0 atom stereocenters. The van der Waals surface area contributed by atoms with Crippen LogP contribution in [0.25, 0.3) is 0 Å². The number of pyridine rings is 1. The van der Waals surface area contributed by atoms with Gasteiger partial charge in [0.1, 0.15) is 12.2 Å². The lowest BCUT2D eigenvalue weighted by molar-refractivity contribution is -0.139. The zero-order chi connectivity index (χ0) is 17.3. The molecule has 6 nitrogen and oxygen atoms in total. The number of rotatable bonds is 9. The molecule has 0 aliphatic carbocycles. The average Bonchev–Trinajstić information content (AvgIpc) is 2.47. The maximum absolute atomic E-state index is 12.7. The number of nitrogens with zero attached hydrogens (tertiary/aromatic N) is 1. The van der Waals surface area contributed by atoms with Crippen molar-refractivity contribution in [3.05, 3.63) is 23.9 Å². The molecule has 1 amide bonds. The summed E-state index contributed by atoms with van der Waals surface area (Å²) in [5.74, 6) is -1.76. The number of hydrogen-bond donors (Lipinski definition) is 2. The van der Waals surface area contributed by atoms with Crippen molar-refractivity contribution >= 4 is 11.9 Å². The quantitative estimate of drug-likeness (QED) is 0.676. The SMILES string of the molecule is O=C(O)CCCCC(=O)NCCOc1ncccc1C(F)(F)F. The van der Waals surface area contributed by atoms with Crippen LogP contribution in [-0.4, -0.2) is 35.1 Å². The van der Waals surface area contributed by atoms with Crippen LogP contribution in [0.4, 0.5) is 13.2 Å². The van der Waals surface area contributed by atoms with Gasteiger partial charge in [0.05, 0.1) is 6.54 Å². The van der Waals surface area contributed by atoms with Crippen molar-refractivity contribution in [2.24, 2.45) is 0 Å². The summed E-state index contributed by atoms with van der Waals surface area (Å²) in [6.45, 7) is -0.118. The molecule has 0 radical (unpaired) electrons. The van der Waals surface area contributed by atoms with E-state index in [1.807, 2.05) is 0 Å². The molecule has 1 aromatic heterocycles. The van der Waals surface area contributed by atoms with E-state index in [2.05, 4.69) is 10.3 Å². The van der Waals surface area contributed by atoms with Crippen LogP contribution in [-0.2, 0) is 15.8 Å². The molecule has 23 heavy (non-hydrogen) atoms. The first-order valence-electron chi connectivity index (χ1n) is 6.94. The van der Waals surface area contributed by atoms with Crippen LogP contribution in [0.2, 0.25) is 0 Å².